The first kappa shape index (κ1) is 13.9. The molecule has 18 heavy (non-hydrogen) atoms. The Labute approximate surface area is 111 Å². The van der Waals surface area contributed by atoms with Crippen molar-refractivity contribution in [2.24, 2.45) is 11.3 Å². The van der Waals surface area contributed by atoms with Gasteiger partial charge >= 0.3 is 0 Å². The highest BCUT2D eigenvalue weighted by Gasteiger charge is 2.51. The molecule has 2 unspecified atom stereocenters. The van der Waals surface area contributed by atoms with Gasteiger partial charge in [-0.25, -0.2) is 0 Å². The first-order chi connectivity index (χ1) is 8.62. The Hall–Kier alpha value is -0.550. The predicted molar refractivity (Wildman–Crippen MR) is 72.9 cm³/mol. The number of hydrogen-bond acceptors (Lipinski definition) is 2. The van der Waals surface area contributed by atoms with Crippen LogP contribution in [0, 0.1) is 22.7 Å². The monoisotopic (exact) mass is 249 g/mol. The van der Waals surface area contributed by atoms with Gasteiger partial charge in [-0.05, 0) is 31.6 Å². The summed E-state index contributed by atoms with van der Waals surface area (Å²) in [6.07, 6.45) is 11.8. The fourth-order valence-corrected chi connectivity index (χ4v) is 4.15. The summed E-state index contributed by atoms with van der Waals surface area (Å²) in [5.74, 6) is 0.569. The van der Waals surface area contributed by atoms with Crippen LogP contribution in [0.15, 0.2) is 0 Å². The highest BCUT2D eigenvalue weighted by atomic mass is 16.3. The Morgan fingerprint density at radius 3 is 2.17 bits per heavy atom. The second kappa shape index (κ2) is 5.61. The third kappa shape index (κ3) is 2.57. The lowest BCUT2D eigenvalue weighted by Gasteiger charge is -2.47. The number of aliphatic hydroxyl groups is 1. The van der Waals surface area contributed by atoms with Gasteiger partial charge in [0.1, 0.15) is 0 Å². The van der Waals surface area contributed by atoms with E-state index in [9.17, 15) is 10.4 Å². The van der Waals surface area contributed by atoms with E-state index in [-0.39, 0.29) is 0 Å². The van der Waals surface area contributed by atoms with E-state index in [1.165, 1.54) is 25.7 Å². The maximum atomic E-state index is 11.1. The molecule has 0 saturated heterocycles. The lowest BCUT2D eigenvalue weighted by Crippen LogP contribution is -2.50. The summed E-state index contributed by atoms with van der Waals surface area (Å²) in [4.78, 5) is 0. The smallest absolute Gasteiger partial charge is 0.0860 e. The molecular weight excluding hydrogens is 222 g/mol. The summed E-state index contributed by atoms with van der Waals surface area (Å²) in [5.41, 5.74) is -1.17. The maximum absolute atomic E-state index is 11.1. The van der Waals surface area contributed by atoms with Crippen LogP contribution in [0.4, 0.5) is 0 Å². The van der Waals surface area contributed by atoms with E-state index >= 15 is 0 Å². The minimum atomic E-state index is -0.712. The van der Waals surface area contributed by atoms with Crippen molar-refractivity contribution in [2.75, 3.05) is 0 Å². The minimum absolute atomic E-state index is 0.456. The Balaban J connectivity index is 2.20. The minimum Gasteiger partial charge on any atom is -0.388 e. The van der Waals surface area contributed by atoms with Crippen molar-refractivity contribution in [3.05, 3.63) is 0 Å². The zero-order valence-electron chi connectivity index (χ0n) is 11.7. The van der Waals surface area contributed by atoms with Gasteiger partial charge in [0, 0.05) is 0 Å². The average molecular weight is 249 g/mol. The number of nitriles is 1. The average Bonchev–Trinajstić information content (AvgIpc) is 2.28. The van der Waals surface area contributed by atoms with Crippen molar-refractivity contribution in [1.29, 1.82) is 5.26 Å². The Morgan fingerprint density at radius 1 is 1.00 bits per heavy atom. The van der Waals surface area contributed by atoms with Crippen LogP contribution in [0.5, 0.6) is 0 Å². The van der Waals surface area contributed by atoms with Gasteiger partial charge in [0.25, 0.3) is 0 Å². The van der Waals surface area contributed by atoms with Gasteiger partial charge in [-0.1, -0.05) is 51.9 Å². The first-order valence-corrected chi connectivity index (χ1v) is 7.76. The molecule has 0 aromatic rings. The third-order valence-electron chi connectivity index (χ3n) is 5.29. The van der Waals surface area contributed by atoms with Gasteiger partial charge in [-0.3, -0.25) is 0 Å². The van der Waals surface area contributed by atoms with Gasteiger partial charge in [0.05, 0.1) is 17.1 Å². The number of rotatable bonds is 1. The third-order valence-corrected chi connectivity index (χ3v) is 5.29. The Morgan fingerprint density at radius 2 is 1.61 bits per heavy atom. The summed E-state index contributed by atoms with van der Waals surface area (Å²) >= 11 is 0. The fourth-order valence-electron chi connectivity index (χ4n) is 4.15. The van der Waals surface area contributed by atoms with E-state index in [0.29, 0.717) is 5.92 Å². The number of nitrogens with zero attached hydrogens (tertiary/aromatic N) is 1. The first-order valence-electron chi connectivity index (χ1n) is 7.76. The molecule has 0 amide bonds. The standard InChI is InChI=1S/C16H27NO/c1-14-8-7-11-16(18,12-14)15(13-17)9-5-3-2-4-6-10-15/h14,18H,2-12H2,1H3. The summed E-state index contributed by atoms with van der Waals surface area (Å²) < 4.78 is 0. The van der Waals surface area contributed by atoms with Gasteiger partial charge in [-0.2, -0.15) is 5.26 Å². The van der Waals surface area contributed by atoms with Crippen molar-refractivity contribution >= 4 is 0 Å². The quantitative estimate of drug-likeness (QED) is 0.757. The second-order valence-electron chi connectivity index (χ2n) is 6.69. The molecular formula is C16H27NO. The van der Waals surface area contributed by atoms with E-state index in [1.807, 2.05) is 0 Å². The van der Waals surface area contributed by atoms with Gasteiger partial charge < -0.3 is 5.11 Å². The largest absolute Gasteiger partial charge is 0.388 e. The molecule has 2 nitrogen and oxygen atoms in total. The molecule has 2 saturated carbocycles. The van der Waals surface area contributed by atoms with Gasteiger partial charge in [0.15, 0.2) is 0 Å². The van der Waals surface area contributed by atoms with E-state index in [4.69, 9.17) is 0 Å². The molecule has 0 spiro atoms. The molecule has 0 radical (unpaired) electrons. The zero-order valence-corrected chi connectivity index (χ0v) is 11.7. The second-order valence-corrected chi connectivity index (χ2v) is 6.69. The van der Waals surface area contributed by atoms with Crippen LogP contribution < -0.4 is 0 Å². The molecule has 2 fully saturated rings. The summed E-state index contributed by atoms with van der Waals surface area (Å²) in [7, 11) is 0. The van der Waals surface area contributed by atoms with Crippen molar-refractivity contribution in [3.8, 4) is 6.07 Å². The van der Waals surface area contributed by atoms with E-state index in [0.717, 1.165) is 44.9 Å². The van der Waals surface area contributed by atoms with Crippen molar-refractivity contribution in [1.82, 2.24) is 0 Å². The van der Waals surface area contributed by atoms with E-state index in [2.05, 4.69) is 13.0 Å². The normalized spacial score (nSPS) is 37.3. The predicted octanol–water partition coefficient (Wildman–Crippen LogP) is 4.18. The molecule has 2 aliphatic carbocycles. The van der Waals surface area contributed by atoms with Gasteiger partial charge in [0.2, 0.25) is 0 Å². The highest BCUT2D eigenvalue weighted by molar-refractivity contribution is 5.12. The molecule has 0 heterocycles. The molecule has 2 atom stereocenters. The Kier molecular flexibility index (Phi) is 4.33. The van der Waals surface area contributed by atoms with Crippen LogP contribution in [-0.2, 0) is 0 Å². The fraction of sp³-hybridized carbons (Fsp3) is 0.938. The summed E-state index contributed by atoms with van der Waals surface area (Å²) in [6.45, 7) is 2.22. The van der Waals surface area contributed by atoms with E-state index in [1.54, 1.807) is 0 Å². The molecule has 0 aliphatic heterocycles. The van der Waals surface area contributed by atoms with E-state index < -0.39 is 11.0 Å². The van der Waals surface area contributed by atoms with Gasteiger partial charge in [-0.15, -0.1) is 0 Å². The topological polar surface area (TPSA) is 44.0 Å². The van der Waals surface area contributed by atoms with Crippen molar-refractivity contribution in [3.63, 3.8) is 0 Å². The zero-order chi connectivity index (χ0) is 13.1. The molecule has 0 aromatic carbocycles. The van der Waals surface area contributed by atoms with Crippen LogP contribution >= 0.6 is 0 Å². The lowest BCUT2D eigenvalue weighted by atomic mass is 9.59. The van der Waals surface area contributed by atoms with Crippen LogP contribution in [0.3, 0.4) is 0 Å². The maximum Gasteiger partial charge on any atom is 0.0860 e. The molecule has 1 N–H and O–H groups in total. The van der Waals surface area contributed by atoms with Crippen molar-refractivity contribution < 1.29 is 5.11 Å². The molecule has 0 aromatic heterocycles. The molecule has 2 aliphatic rings. The molecule has 0 bridgehead atoms. The van der Waals surface area contributed by atoms with Crippen LogP contribution in [0.2, 0.25) is 0 Å². The summed E-state index contributed by atoms with van der Waals surface area (Å²) in [6, 6.07) is 2.57. The van der Waals surface area contributed by atoms with Crippen LogP contribution in [-0.4, -0.2) is 10.7 Å². The molecule has 2 heteroatoms. The van der Waals surface area contributed by atoms with Crippen LogP contribution in [0.25, 0.3) is 0 Å². The lowest BCUT2D eigenvalue weighted by molar-refractivity contribution is -0.104. The highest BCUT2D eigenvalue weighted by Crippen LogP contribution is 2.50. The van der Waals surface area contributed by atoms with Crippen molar-refractivity contribution in [2.45, 2.75) is 83.2 Å². The SMILES string of the molecule is CC1CCCC(O)(C2(C#N)CCCCCCC2)C1. The molecule has 102 valence electrons. The molecule has 2 rings (SSSR count). The number of hydrogen-bond donors (Lipinski definition) is 1. The van der Waals surface area contributed by atoms with Crippen LogP contribution in [0.1, 0.15) is 77.6 Å². The Bertz CT molecular complexity index is 312. The summed E-state index contributed by atoms with van der Waals surface area (Å²) in [5, 5.41) is 20.9.